The molecule has 0 bridgehead atoms. The van der Waals surface area contributed by atoms with Crippen molar-refractivity contribution in [2.24, 2.45) is 0 Å². The van der Waals surface area contributed by atoms with Gasteiger partial charge in [-0.15, -0.1) is 0 Å². The van der Waals surface area contributed by atoms with Crippen molar-refractivity contribution in [3.8, 4) is 17.6 Å². The van der Waals surface area contributed by atoms with Crippen molar-refractivity contribution >= 4 is 11.8 Å². The number of benzene rings is 3. The van der Waals surface area contributed by atoms with Gasteiger partial charge in [-0.2, -0.15) is 0 Å². The number of ketones is 1. The number of ether oxygens (including phenoxy) is 2. The van der Waals surface area contributed by atoms with Crippen LogP contribution in [0.5, 0.6) is 5.75 Å². The van der Waals surface area contributed by atoms with Crippen LogP contribution in [0, 0.1) is 11.8 Å². The van der Waals surface area contributed by atoms with Crippen LogP contribution in [0.3, 0.4) is 0 Å². The van der Waals surface area contributed by atoms with Crippen LogP contribution in [0.25, 0.3) is 0 Å². The molecule has 0 N–H and O–H groups in total. The second kappa shape index (κ2) is 8.04. The zero-order valence-electron chi connectivity index (χ0n) is 15.6. The molecule has 29 heavy (non-hydrogen) atoms. The van der Waals surface area contributed by atoms with Gasteiger partial charge in [0, 0.05) is 5.56 Å². The molecule has 0 saturated carbocycles. The van der Waals surface area contributed by atoms with Crippen LogP contribution < -0.4 is 4.74 Å². The number of esters is 1. The molecule has 1 aliphatic rings. The Balaban J connectivity index is 1.67. The van der Waals surface area contributed by atoms with Crippen LogP contribution in [0.4, 0.5) is 0 Å². The molecular formula is C25H18O4. The van der Waals surface area contributed by atoms with Crippen molar-refractivity contribution in [2.75, 3.05) is 0 Å². The van der Waals surface area contributed by atoms with Crippen LogP contribution in [-0.2, 0) is 16.1 Å². The summed E-state index contributed by atoms with van der Waals surface area (Å²) in [6.45, 7) is 0.0770. The van der Waals surface area contributed by atoms with Gasteiger partial charge in [0.2, 0.25) is 0 Å². The van der Waals surface area contributed by atoms with Crippen molar-refractivity contribution < 1.29 is 19.1 Å². The van der Waals surface area contributed by atoms with Gasteiger partial charge in [-0.05, 0) is 35.7 Å². The van der Waals surface area contributed by atoms with Gasteiger partial charge in [0.15, 0.2) is 5.78 Å². The SMILES string of the molecule is O=C1C[C@@](C#Cc2ccccc2)(C(=O)OCc2ccccc2)Oc2ccccc21. The van der Waals surface area contributed by atoms with Gasteiger partial charge >= 0.3 is 5.97 Å². The van der Waals surface area contributed by atoms with E-state index < -0.39 is 11.6 Å². The fraction of sp³-hybridized carbons (Fsp3) is 0.120. The third-order valence-electron chi connectivity index (χ3n) is 4.61. The second-order valence-corrected chi connectivity index (χ2v) is 6.70. The average Bonchev–Trinajstić information content (AvgIpc) is 2.77. The topological polar surface area (TPSA) is 52.6 Å². The highest BCUT2D eigenvalue weighted by molar-refractivity contribution is 6.05. The summed E-state index contributed by atoms with van der Waals surface area (Å²) in [4.78, 5) is 25.8. The first-order valence-electron chi connectivity index (χ1n) is 9.27. The molecule has 4 nitrogen and oxygen atoms in total. The van der Waals surface area contributed by atoms with E-state index in [9.17, 15) is 9.59 Å². The summed E-state index contributed by atoms with van der Waals surface area (Å²) in [6.07, 6.45) is -0.197. The van der Waals surface area contributed by atoms with Gasteiger partial charge in [0.1, 0.15) is 12.4 Å². The van der Waals surface area contributed by atoms with E-state index in [0.29, 0.717) is 11.3 Å². The lowest BCUT2D eigenvalue weighted by Crippen LogP contribution is -2.49. The molecule has 0 radical (unpaired) electrons. The Morgan fingerprint density at radius 2 is 1.59 bits per heavy atom. The van der Waals surface area contributed by atoms with Crippen molar-refractivity contribution in [1.82, 2.24) is 0 Å². The number of fused-ring (bicyclic) bond motifs is 1. The summed E-state index contributed by atoms with van der Waals surface area (Å²) in [6, 6.07) is 25.4. The molecule has 142 valence electrons. The molecule has 3 aromatic carbocycles. The minimum atomic E-state index is -1.68. The zero-order chi connectivity index (χ0) is 20.1. The fourth-order valence-electron chi connectivity index (χ4n) is 3.10. The Labute approximate surface area is 169 Å². The smallest absolute Gasteiger partial charge is 0.364 e. The summed E-state index contributed by atoms with van der Waals surface area (Å²) < 4.78 is 11.5. The predicted molar refractivity (Wildman–Crippen MR) is 108 cm³/mol. The largest absolute Gasteiger partial charge is 0.462 e. The molecule has 0 saturated heterocycles. The maximum atomic E-state index is 13.1. The molecular weight excluding hydrogens is 364 g/mol. The molecule has 1 aliphatic heterocycles. The standard InChI is InChI=1S/C25H18O4/c26-22-17-25(16-15-19-9-3-1-4-10-19,29-23-14-8-7-13-21(22)23)24(27)28-18-20-11-5-2-6-12-20/h1-14H,17-18H2/t25-/m0/s1. The normalized spacial score (nSPS) is 17.3. The maximum Gasteiger partial charge on any atom is 0.364 e. The lowest BCUT2D eigenvalue weighted by molar-refractivity contribution is -0.159. The number of carbonyl (C=O) groups is 2. The van der Waals surface area contributed by atoms with Crippen LogP contribution in [0.1, 0.15) is 27.9 Å². The highest BCUT2D eigenvalue weighted by atomic mass is 16.6. The molecule has 0 spiro atoms. The van der Waals surface area contributed by atoms with Gasteiger partial charge in [-0.1, -0.05) is 66.6 Å². The lowest BCUT2D eigenvalue weighted by Gasteiger charge is -2.31. The van der Waals surface area contributed by atoms with E-state index in [0.717, 1.165) is 11.1 Å². The predicted octanol–water partition coefficient (Wildman–Crippen LogP) is 4.19. The van der Waals surface area contributed by atoms with Crippen LogP contribution in [0.15, 0.2) is 84.9 Å². The Bertz CT molecular complexity index is 1090. The molecule has 0 aromatic heterocycles. The van der Waals surface area contributed by atoms with Gasteiger partial charge in [-0.3, -0.25) is 4.79 Å². The van der Waals surface area contributed by atoms with E-state index in [1.54, 1.807) is 24.3 Å². The molecule has 1 heterocycles. The molecule has 3 aromatic rings. The van der Waals surface area contributed by atoms with E-state index in [2.05, 4.69) is 11.8 Å². The number of hydrogen-bond donors (Lipinski definition) is 0. The first-order chi connectivity index (χ1) is 14.2. The lowest BCUT2D eigenvalue weighted by atomic mass is 9.90. The van der Waals surface area contributed by atoms with Crippen molar-refractivity contribution in [3.05, 3.63) is 102 Å². The highest BCUT2D eigenvalue weighted by Gasteiger charge is 2.47. The number of rotatable bonds is 3. The van der Waals surface area contributed by atoms with Gasteiger partial charge in [0.25, 0.3) is 5.60 Å². The Morgan fingerprint density at radius 1 is 0.931 bits per heavy atom. The minimum absolute atomic E-state index is 0.0770. The molecule has 4 rings (SSSR count). The average molecular weight is 382 g/mol. The van der Waals surface area contributed by atoms with Gasteiger partial charge in [0.05, 0.1) is 12.0 Å². The monoisotopic (exact) mass is 382 g/mol. The molecule has 1 atom stereocenters. The Morgan fingerprint density at radius 3 is 2.34 bits per heavy atom. The molecule has 0 fully saturated rings. The van der Waals surface area contributed by atoms with E-state index in [-0.39, 0.29) is 18.8 Å². The van der Waals surface area contributed by atoms with Gasteiger partial charge < -0.3 is 9.47 Å². The third-order valence-corrected chi connectivity index (χ3v) is 4.61. The second-order valence-electron chi connectivity index (χ2n) is 6.70. The molecule has 4 heteroatoms. The first kappa shape index (κ1) is 18.5. The van der Waals surface area contributed by atoms with E-state index in [1.165, 1.54) is 0 Å². The summed E-state index contributed by atoms with van der Waals surface area (Å²) in [7, 11) is 0. The van der Waals surface area contributed by atoms with E-state index in [1.807, 2.05) is 60.7 Å². The third kappa shape index (κ3) is 4.04. The Hall–Kier alpha value is -3.84. The molecule has 0 aliphatic carbocycles. The van der Waals surface area contributed by atoms with Crippen LogP contribution >= 0.6 is 0 Å². The van der Waals surface area contributed by atoms with E-state index >= 15 is 0 Å². The first-order valence-corrected chi connectivity index (χ1v) is 9.27. The summed E-state index contributed by atoms with van der Waals surface area (Å²) in [5.41, 5.74) is 0.323. The van der Waals surface area contributed by atoms with Crippen molar-refractivity contribution in [1.29, 1.82) is 0 Å². The summed E-state index contributed by atoms with van der Waals surface area (Å²) >= 11 is 0. The number of carbonyl (C=O) groups excluding carboxylic acids is 2. The van der Waals surface area contributed by atoms with Crippen LogP contribution in [-0.4, -0.2) is 17.4 Å². The molecule has 0 unspecified atom stereocenters. The number of para-hydroxylation sites is 1. The maximum absolute atomic E-state index is 13.1. The number of hydrogen-bond acceptors (Lipinski definition) is 4. The quantitative estimate of drug-likeness (QED) is 0.504. The summed E-state index contributed by atoms with van der Waals surface area (Å²) in [5.74, 6) is 5.31. The Kier molecular flexibility index (Phi) is 5.13. The summed E-state index contributed by atoms with van der Waals surface area (Å²) in [5, 5.41) is 0. The van der Waals surface area contributed by atoms with Crippen molar-refractivity contribution in [3.63, 3.8) is 0 Å². The minimum Gasteiger partial charge on any atom is -0.462 e. The zero-order valence-corrected chi connectivity index (χ0v) is 15.6. The van der Waals surface area contributed by atoms with Crippen LogP contribution in [0.2, 0.25) is 0 Å². The fourth-order valence-corrected chi connectivity index (χ4v) is 3.10. The van der Waals surface area contributed by atoms with Gasteiger partial charge in [-0.25, -0.2) is 4.79 Å². The number of Topliss-reactive ketones (excluding diaryl/α,β-unsaturated/α-hetero) is 1. The van der Waals surface area contributed by atoms with E-state index in [4.69, 9.17) is 9.47 Å². The van der Waals surface area contributed by atoms with Crippen molar-refractivity contribution in [2.45, 2.75) is 18.6 Å². The molecule has 0 amide bonds. The highest BCUT2D eigenvalue weighted by Crippen LogP contribution is 2.34.